The predicted molar refractivity (Wildman–Crippen MR) is 101 cm³/mol. The van der Waals surface area contributed by atoms with Crippen LogP contribution in [0.2, 0.25) is 0 Å². The Kier molecular flexibility index (Phi) is 8.26. The molecule has 1 aromatic carbocycles. The fourth-order valence-electron chi connectivity index (χ4n) is 2.14. The van der Waals surface area contributed by atoms with Crippen LogP contribution in [0.15, 0.2) is 46.0 Å². The van der Waals surface area contributed by atoms with Gasteiger partial charge in [0.2, 0.25) is 5.91 Å². The van der Waals surface area contributed by atoms with Gasteiger partial charge in [-0.25, -0.2) is 13.8 Å². The number of hydrogen-bond acceptors (Lipinski definition) is 4. The number of amides is 1. The number of rotatable bonds is 9. The molecule has 9 heteroatoms. The maximum Gasteiger partial charge on any atom is 0.243 e. The molecule has 0 aliphatic rings. The van der Waals surface area contributed by atoms with Crippen molar-refractivity contribution in [1.29, 1.82) is 0 Å². The Bertz CT molecular complexity index is 779. The molecule has 0 fully saturated rings. The van der Waals surface area contributed by atoms with Gasteiger partial charge in [-0.2, -0.15) is 0 Å². The van der Waals surface area contributed by atoms with Crippen LogP contribution in [0, 0.1) is 11.6 Å². The maximum absolute atomic E-state index is 13.6. The second-order valence-corrected chi connectivity index (χ2v) is 6.06. The van der Waals surface area contributed by atoms with Gasteiger partial charge >= 0.3 is 0 Å². The smallest absolute Gasteiger partial charge is 0.243 e. The largest absolute Gasteiger partial charge is 0.489 e. The average Bonchev–Trinajstić information content (AvgIpc) is 3.17. The first-order valence-electron chi connectivity index (χ1n) is 8.78. The Morgan fingerprint density at radius 2 is 2.00 bits per heavy atom. The highest BCUT2D eigenvalue weighted by Crippen LogP contribution is 2.17. The number of benzene rings is 1. The van der Waals surface area contributed by atoms with Gasteiger partial charge in [0.05, 0.1) is 12.8 Å². The molecule has 0 saturated carbocycles. The Morgan fingerprint density at radius 1 is 1.21 bits per heavy atom. The standard InChI is InChI=1S/C19H24F2N4O3/c1-25(2)18(26)13-24-19(22-8-7-15-4-3-10-27-15)23-9-11-28-17-6-5-14(20)12-16(17)21/h3-6,10,12H,7-9,11,13H2,1-2H3,(H2,22,23,24). The fraction of sp³-hybridized carbons (Fsp3) is 0.368. The summed E-state index contributed by atoms with van der Waals surface area (Å²) in [6.45, 7) is 0.960. The number of carbonyl (C=O) groups is 1. The van der Waals surface area contributed by atoms with Gasteiger partial charge in [-0.1, -0.05) is 0 Å². The predicted octanol–water partition coefficient (Wildman–Crippen LogP) is 1.80. The van der Waals surface area contributed by atoms with E-state index in [9.17, 15) is 13.6 Å². The highest BCUT2D eigenvalue weighted by atomic mass is 19.1. The summed E-state index contributed by atoms with van der Waals surface area (Å²) in [6.07, 6.45) is 2.25. The minimum absolute atomic E-state index is 0.0173. The highest BCUT2D eigenvalue weighted by Gasteiger charge is 2.07. The third kappa shape index (κ3) is 7.26. The number of aliphatic imine (C=N–C) groups is 1. The Hall–Kier alpha value is -3.10. The van der Waals surface area contributed by atoms with Crippen molar-refractivity contribution >= 4 is 11.9 Å². The van der Waals surface area contributed by atoms with Crippen LogP contribution in [-0.2, 0) is 11.2 Å². The van der Waals surface area contributed by atoms with Crippen LogP contribution in [0.4, 0.5) is 8.78 Å². The molecular formula is C19H24F2N4O3. The van der Waals surface area contributed by atoms with E-state index in [4.69, 9.17) is 9.15 Å². The summed E-state index contributed by atoms with van der Waals surface area (Å²) in [5, 5.41) is 6.11. The summed E-state index contributed by atoms with van der Waals surface area (Å²) < 4.78 is 37.0. The van der Waals surface area contributed by atoms with Crippen molar-refractivity contribution < 1.29 is 22.7 Å². The first kappa shape index (κ1) is 21.2. The zero-order valence-electron chi connectivity index (χ0n) is 15.9. The molecule has 0 aliphatic carbocycles. The van der Waals surface area contributed by atoms with Crippen LogP contribution in [0.1, 0.15) is 5.76 Å². The molecule has 1 heterocycles. The van der Waals surface area contributed by atoms with E-state index < -0.39 is 11.6 Å². The molecule has 1 amide bonds. The van der Waals surface area contributed by atoms with Gasteiger partial charge in [-0.05, 0) is 24.3 Å². The Morgan fingerprint density at radius 3 is 2.68 bits per heavy atom. The van der Waals surface area contributed by atoms with E-state index in [1.54, 1.807) is 20.4 Å². The monoisotopic (exact) mass is 394 g/mol. The number of guanidine groups is 1. The summed E-state index contributed by atoms with van der Waals surface area (Å²) >= 11 is 0. The van der Waals surface area contributed by atoms with E-state index in [2.05, 4.69) is 15.6 Å². The van der Waals surface area contributed by atoms with Crippen LogP contribution in [0.3, 0.4) is 0 Å². The van der Waals surface area contributed by atoms with Crippen molar-refractivity contribution in [1.82, 2.24) is 15.5 Å². The van der Waals surface area contributed by atoms with E-state index in [1.807, 2.05) is 12.1 Å². The van der Waals surface area contributed by atoms with Gasteiger partial charge in [0.1, 0.15) is 24.7 Å². The molecule has 0 radical (unpaired) electrons. The number of ether oxygens (including phenoxy) is 1. The molecule has 152 valence electrons. The van der Waals surface area contributed by atoms with Crippen molar-refractivity contribution in [2.75, 3.05) is 40.3 Å². The molecule has 1 aromatic heterocycles. The molecule has 0 saturated heterocycles. The fourth-order valence-corrected chi connectivity index (χ4v) is 2.14. The van der Waals surface area contributed by atoms with E-state index >= 15 is 0 Å². The molecule has 28 heavy (non-hydrogen) atoms. The van der Waals surface area contributed by atoms with Crippen molar-refractivity contribution in [2.24, 2.45) is 4.99 Å². The molecule has 0 aliphatic heterocycles. The molecule has 0 spiro atoms. The van der Waals surface area contributed by atoms with Gasteiger partial charge in [0.25, 0.3) is 0 Å². The summed E-state index contributed by atoms with van der Waals surface area (Å²) in [7, 11) is 3.31. The SMILES string of the molecule is CN(C)C(=O)CN=C(NCCOc1ccc(F)cc1F)NCCc1ccco1. The first-order chi connectivity index (χ1) is 13.5. The van der Waals surface area contributed by atoms with Gasteiger partial charge in [0, 0.05) is 33.1 Å². The van der Waals surface area contributed by atoms with Crippen molar-refractivity contribution in [3.8, 4) is 5.75 Å². The lowest BCUT2D eigenvalue weighted by Crippen LogP contribution is -2.41. The van der Waals surface area contributed by atoms with E-state index in [0.29, 0.717) is 25.5 Å². The van der Waals surface area contributed by atoms with Crippen LogP contribution >= 0.6 is 0 Å². The molecule has 0 unspecified atom stereocenters. The van der Waals surface area contributed by atoms with Crippen LogP contribution in [0.25, 0.3) is 0 Å². The lowest BCUT2D eigenvalue weighted by atomic mass is 10.3. The van der Waals surface area contributed by atoms with Crippen LogP contribution < -0.4 is 15.4 Å². The second kappa shape index (κ2) is 10.9. The molecule has 2 N–H and O–H groups in total. The summed E-state index contributed by atoms with van der Waals surface area (Å²) in [6, 6.07) is 6.80. The van der Waals surface area contributed by atoms with Gasteiger partial charge in [0.15, 0.2) is 17.5 Å². The number of nitrogens with zero attached hydrogens (tertiary/aromatic N) is 2. The summed E-state index contributed by atoms with van der Waals surface area (Å²) in [5.41, 5.74) is 0. The molecule has 7 nitrogen and oxygen atoms in total. The lowest BCUT2D eigenvalue weighted by molar-refractivity contribution is -0.127. The van der Waals surface area contributed by atoms with Crippen LogP contribution in [-0.4, -0.2) is 57.1 Å². The minimum atomic E-state index is -0.762. The van der Waals surface area contributed by atoms with E-state index in [1.165, 1.54) is 11.0 Å². The maximum atomic E-state index is 13.6. The van der Waals surface area contributed by atoms with Gasteiger partial charge in [-0.3, -0.25) is 4.79 Å². The number of nitrogens with one attached hydrogen (secondary N) is 2. The lowest BCUT2D eigenvalue weighted by Gasteiger charge is -2.14. The van der Waals surface area contributed by atoms with Gasteiger partial charge < -0.3 is 24.7 Å². The number of halogens is 2. The number of furan rings is 1. The van der Waals surface area contributed by atoms with Crippen molar-refractivity contribution in [2.45, 2.75) is 6.42 Å². The molecular weight excluding hydrogens is 370 g/mol. The minimum Gasteiger partial charge on any atom is -0.489 e. The Labute approximate surface area is 162 Å². The second-order valence-electron chi connectivity index (χ2n) is 6.06. The number of likely N-dealkylation sites (N-methyl/N-ethyl adjacent to an activating group) is 1. The van der Waals surface area contributed by atoms with Crippen LogP contribution in [0.5, 0.6) is 5.75 Å². The highest BCUT2D eigenvalue weighted by molar-refractivity contribution is 5.84. The number of carbonyl (C=O) groups excluding carboxylic acids is 1. The zero-order valence-corrected chi connectivity index (χ0v) is 15.9. The average molecular weight is 394 g/mol. The quantitative estimate of drug-likeness (QED) is 0.385. The molecule has 0 bridgehead atoms. The third-order valence-corrected chi connectivity index (χ3v) is 3.66. The third-order valence-electron chi connectivity index (χ3n) is 3.66. The normalized spacial score (nSPS) is 11.2. The van der Waals surface area contributed by atoms with Gasteiger partial charge in [-0.15, -0.1) is 0 Å². The first-order valence-corrected chi connectivity index (χ1v) is 8.78. The summed E-state index contributed by atoms with van der Waals surface area (Å²) in [5.74, 6) is -0.353. The van der Waals surface area contributed by atoms with E-state index in [-0.39, 0.29) is 24.8 Å². The topological polar surface area (TPSA) is 79.1 Å². The zero-order chi connectivity index (χ0) is 20.4. The molecule has 2 rings (SSSR count). The van der Waals surface area contributed by atoms with Crippen molar-refractivity contribution in [3.63, 3.8) is 0 Å². The molecule has 0 atom stereocenters. The van der Waals surface area contributed by atoms with Crippen molar-refractivity contribution in [3.05, 3.63) is 54.0 Å². The summed E-state index contributed by atoms with van der Waals surface area (Å²) in [4.78, 5) is 17.4. The Balaban J connectivity index is 1.83. The van der Waals surface area contributed by atoms with E-state index in [0.717, 1.165) is 17.9 Å². The number of hydrogen-bond donors (Lipinski definition) is 2. The molecule has 2 aromatic rings.